The van der Waals surface area contributed by atoms with Crippen LogP contribution in [0.1, 0.15) is 44.9 Å². The average molecular weight is 330 g/mol. The standard InChI is InChI=1S/C16H26O5S/c1-22(17,18)21-13-9-11-6-5-10-8-12(16(13)15(10)11)20-14-4-2-3-7-19-14/h10-16H,2-9H2,1H3. The number of hydrogen-bond donors (Lipinski definition) is 0. The monoisotopic (exact) mass is 330 g/mol. The van der Waals surface area contributed by atoms with Crippen LogP contribution in [0.25, 0.3) is 0 Å². The first-order chi connectivity index (χ1) is 10.5. The normalized spacial score (nSPS) is 47.8. The van der Waals surface area contributed by atoms with Crippen molar-refractivity contribution in [3.63, 3.8) is 0 Å². The second-order valence-corrected chi connectivity index (χ2v) is 9.13. The first-order valence-electron chi connectivity index (χ1n) is 8.66. The Morgan fingerprint density at radius 1 is 0.955 bits per heavy atom. The summed E-state index contributed by atoms with van der Waals surface area (Å²) in [5.74, 6) is 2.15. The molecule has 0 amide bonds. The Kier molecular flexibility index (Phi) is 4.00. The van der Waals surface area contributed by atoms with Crippen molar-refractivity contribution in [1.82, 2.24) is 0 Å². The molecule has 0 radical (unpaired) electrons. The molecule has 22 heavy (non-hydrogen) atoms. The molecule has 4 fully saturated rings. The molecular weight excluding hydrogens is 304 g/mol. The van der Waals surface area contributed by atoms with Crippen molar-refractivity contribution in [3.8, 4) is 0 Å². The first-order valence-corrected chi connectivity index (χ1v) is 10.5. The zero-order chi connectivity index (χ0) is 15.3. The van der Waals surface area contributed by atoms with E-state index in [9.17, 15) is 8.42 Å². The van der Waals surface area contributed by atoms with E-state index in [1.807, 2.05) is 0 Å². The minimum atomic E-state index is -3.41. The lowest BCUT2D eigenvalue weighted by molar-refractivity contribution is -0.199. The molecule has 126 valence electrons. The molecular formula is C16H26O5S. The van der Waals surface area contributed by atoms with Gasteiger partial charge < -0.3 is 9.47 Å². The third kappa shape index (κ3) is 2.83. The van der Waals surface area contributed by atoms with Crippen molar-refractivity contribution in [2.75, 3.05) is 12.9 Å². The Hall–Kier alpha value is -0.170. The van der Waals surface area contributed by atoms with Gasteiger partial charge in [-0.2, -0.15) is 8.42 Å². The van der Waals surface area contributed by atoms with Crippen LogP contribution in [0.15, 0.2) is 0 Å². The lowest BCUT2D eigenvalue weighted by atomic mass is 9.92. The fourth-order valence-corrected chi connectivity index (χ4v) is 6.17. The lowest BCUT2D eigenvalue weighted by Crippen LogP contribution is -2.36. The van der Waals surface area contributed by atoms with Gasteiger partial charge >= 0.3 is 0 Å². The molecule has 4 aliphatic rings. The molecule has 0 spiro atoms. The summed E-state index contributed by atoms with van der Waals surface area (Å²) < 4.78 is 40.6. The molecule has 1 heterocycles. The number of hydrogen-bond acceptors (Lipinski definition) is 5. The van der Waals surface area contributed by atoms with Crippen LogP contribution < -0.4 is 0 Å². The largest absolute Gasteiger partial charge is 0.353 e. The van der Waals surface area contributed by atoms with Crippen molar-refractivity contribution >= 4 is 10.1 Å². The van der Waals surface area contributed by atoms with E-state index < -0.39 is 10.1 Å². The van der Waals surface area contributed by atoms with E-state index in [4.69, 9.17) is 13.7 Å². The zero-order valence-electron chi connectivity index (χ0n) is 13.1. The second-order valence-electron chi connectivity index (χ2n) is 7.53. The van der Waals surface area contributed by atoms with Crippen molar-refractivity contribution in [1.29, 1.82) is 0 Å². The van der Waals surface area contributed by atoms with Crippen LogP contribution in [0.4, 0.5) is 0 Å². The van der Waals surface area contributed by atoms with Crippen molar-refractivity contribution in [3.05, 3.63) is 0 Å². The molecule has 7 atom stereocenters. The van der Waals surface area contributed by atoms with E-state index in [-0.39, 0.29) is 24.4 Å². The van der Waals surface area contributed by atoms with Gasteiger partial charge in [0.2, 0.25) is 0 Å². The van der Waals surface area contributed by atoms with E-state index in [0.717, 1.165) is 45.0 Å². The summed E-state index contributed by atoms with van der Waals surface area (Å²) in [5, 5.41) is 0. The number of rotatable bonds is 4. The minimum absolute atomic E-state index is 0.101. The van der Waals surface area contributed by atoms with Gasteiger partial charge in [0.05, 0.1) is 18.5 Å². The molecule has 0 bridgehead atoms. The van der Waals surface area contributed by atoms with Gasteiger partial charge in [-0.15, -0.1) is 0 Å². The molecule has 7 unspecified atom stereocenters. The summed E-state index contributed by atoms with van der Waals surface area (Å²) in [4.78, 5) is 0. The van der Waals surface area contributed by atoms with Crippen molar-refractivity contribution in [2.24, 2.45) is 23.7 Å². The van der Waals surface area contributed by atoms with Crippen molar-refractivity contribution < 1.29 is 22.1 Å². The molecule has 1 saturated heterocycles. The van der Waals surface area contributed by atoms with E-state index in [2.05, 4.69) is 0 Å². The predicted molar refractivity (Wildman–Crippen MR) is 80.6 cm³/mol. The van der Waals surface area contributed by atoms with Gasteiger partial charge in [0.1, 0.15) is 0 Å². The molecule has 0 aromatic carbocycles. The van der Waals surface area contributed by atoms with Crippen LogP contribution >= 0.6 is 0 Å². The summed E-state index contributed by atoms with van der Waals surface area (Å²) in [6.45, 7) is 0.779. The van der Waals surface area contributed by atoms with E-state index >= 15 is 0 Å². The molecule has 3 saturated carbocycles. The van der Waals surface area contributed by atoms with Gasteiger partial charge in [-0.05, 0) is 62.7 Å². The maximum Gasteiger partial charge on any atom is 0.264 e. The smallest absolute Gasteiger partial charge is 0.264 e. The summed E-state index contributed by atoms with van der Waals surface area (Å²) in [6, 6.07) is 0. The van der Waals surface area contributed by atoms with Gasteiger partial charge in [-0.25, -0.2) is 0 Å². The first kappa shape index (κ1) is 15.4. The Labute approximate surface area is 132 Å². The van der Waals surface area contributed by atoms with Crippen LogP contribution in [0.3, 0.4) is 0 Å². The molecule has 4 rings (SSSR count). The number of ether oxygens (including phenoxy) is 2. The fourth-order valence-electron chi connectivity index (χ4n) is 5.51. The third-order valence-corrected chi connectivity index (χ3v) is 6.73. The van der Waals surface area contributed by atoms with Crippen LogP contribution in [-0.2, 0) is 23.8 Å². The van der Waals surface area contributed by atoms with Crippen LogP contribution in [-0.4, -0.2) is 39.8 Å². The highest BCUT2D eigenvalue weighted by Gasteiger charge is 2.59. The van der Waals surface area contributed by atoms with Crippen LogP contribution in [0.5, 0.6) is 0 Å². The van der Waals surface area contributed by atoms with Gasteiger partial charge in [-0.1, -0.05) is 0 Å². The Morgan fingerprint density at radius 2 is 1.68 bits per heavy atom. The molecule has 1 aliphatic heterocycles. The Bertz CT molecular complexity index is 513. The average Bonchev–Trinajstić information content (AvgIpc) is 3.07. The highest BCUT2D eigenvalue weighted by Crippen LogP contribution is 2.60. The second kappa shape index (κ2) is 5.72. The Balaban J connectivity index is 1.50. The maximum atomic E-state index is 11.6. The molecule has 6 heteroatoms. The van der Waals surface area contributed by atoms with Crippen LogP contribution in [0.2, 0.25) is 0 Å². The maximum absolute atomic E-state index is 11.6. The topological polar surface area (TPSA) is 61.8 Å². The molecule has 5 nitrogen and oxygen atoms in total. The zero-order valence-corrected chi connectivity index (χ0v) is 14.0. The highest BCUT2D eigenvalue weighted by molar-refractivity contribution is 7.86. The van der Waals surface area contributed by atoms with E-state index in [1.54, 1.807) is 0 Å². The quantitative estimate of drug-likeness (QED) is 0.740. The third-order valence-electron chi connectivity index (χ3n) is 6.13. The molecule has 0 aromatic heterocycles. The lowest BCUT2D eigenvalue weighted by Gasteiger charge is -2.30. The molecule has 0 N–H and O–H groups in total. The van der Waals surface area contributed by atoms with Gasteiger partial charge in [-0.3, -0.25) is 4.18 Å². The molecule has 3 aliphatic carbocycles. The molecule has 0 aromatic rings. The fraction of sp³-hybridized carbons (Fsp3) is 1.00. The summed E-state index contributed by atoms with van der Waals surface area (Å²) in [5.41, 5.74) is 0. The van der Waals surface area contributed by atoms with E-state index in [1.165, 1.54) is 12.8 Å². The summed E-state index contributed by atoms with van der Waals surface area (Å²) >= 11 is 0. The highest BCUT2D eigenvalue weighted by atomic mass is 32.2. The van der Waals surface area contributed by atoms with Crippen molar-refractivity contribution in [2.45, 2.75) is 63.4 Å². The predicted octanol–water partition coefficient (Wildman–Crippen LogP) is 2.31. The minimum Gasteiger partial charge on any atom is -0.353 e. The van der Waals surface area contributed by atoms with Gasteiger partial charge in [0.25, 0.3) is 10.1 Å². The van der Waals surface area contributed by atoms with E-state index in [0.29, 0.717) is 17.8 Å². The SMILES string of the molecule is CS(=O)(=O)OC1CC2CCC3CC(OC4CCCCO4)C1C32. The van der Waals surface area contributed by atoms with Gasteiger partial charge in [0, 0.05) is 12.5 Å². The van der Waals surface area contributed by atoms with Crippen LogP contribution in [0, 0.1) is 23.7 Å². The summed E-state index contributed by atoms with van der Waals surface area (Å²) in [6.07, 6.45) is 8.62. The van der Waals surface area contributed by atoms with Gasteiger partial charge in [0.15, 0.2) is 6.29 Å². The summed E-state index contributed by atoms with van der Waals surface area (Å²) in [7, 11) is -3.41. The Morgan fingerprint density at radius 3 is 2.32 bits per heavy atom.